The van der Waals surface area contributed by atoms with Crippen LogP contribution in [-0.4, -0.2) is 13.5 Å². The molecule has 0 atom stereocenters. The minimum atomic E-state index is -4.03. The molecule has 0 aliphatic heterocycles. The lowest BCUT2D eigenvalue weighted by Gasteiger charge is -2.10. The molecule has 0 radical (unpaired) electrons. The number of nitrogens with one attached hydrogen (secondary N) is 1. The van der Waals surface area contributed by atoms with Gasteiger partial charge in [-0.25, -0.2) is 12.8 Å². The highest BCUT2D eigenvalue weighted by atomic mass is 79.9. The van der Waals surface area contributed by atoms with Gasteiger partial charge >= 0.3 is 0 Å². The Bertz CT molecular complexity index is 771. The van der Waals surface area contributed by atoms with Crippen LogP contribution < -0.4 is 4.72 Å². The summed E-state index contributed by atoms with van der Waals surface area (Å²) in [6, 6.07) is 3.22. The lowest BCUT2D eigenvalue weighted by molar-refractivity contribution is 0.245. The van der Waals surface area contributed by atoms with Crippen molar-refractivity contribution in [3.63, 3.8) is 0 Å². The van der Waals surface area contributed by atoms with Gasteiger partial charge < -0.3 is 9.52 Å². The summed E-state index contributed by atoms with van der Waals surface area (Å²) in [5, 5.41) is 8.85. The van der Waals surface area contributed by atoms with Gasteiger partial charge in [0.1, 0.15) is 23.1 Å². The van der Waals surface area contributed by atoms with Crippen LogP contribution in [0.5, 0.6) is 0 Å². The van der Waals surface area contributed by atoms with Crippen molar-refractivity contribution in [3.05, 3.63) is 43.9 Å². The van der Waals surface area contributed by atoms with Gasteiger partial charge in [-0.2, -0.15) is 0 Å². The van der Waals surface area contributed by atoms with Crippen molar-refractivity contribution in [1.29, 1.82) is 0 Å². The van der Waals surface area contributed by atoms with Crippen LogP contribution in [0, 0.1) is 5.82 Å². The van der Waals surface area contributed by atoms with E-state index in [0.29, 0.717) is 0 Å². The van der Waals surface area contributed by atoms with Gasteiger partial charge in [0, 0.05) is 10.5 Å². The Kier molecular flexibility index (Phi) is 4.99. The van der Waals surface area contributed by atoms with Crippen molar-refractivity contribution in [2.75, 3.05) is 4.72 Å². The second-order valence-corrected chi connectivity index (χ2v) is 7.49. The fourth-order valence-electron chi connectivity index (χ4n) is 1.49. The topological polar surface area (TPSA) is 79.5 Å². The Morgan fingerprint density at radius 3 is 2.52 bits per heavy atom. The van der Waals surface area contributed by atoms with Crippen LogP contribution >= 0.6 is 43.5 Å². The molecular weight excluding hydrogens is 456 g/mol. The first-order valence-electron chi connectivity index (χ1n) is 5.31. The molecule has 10 heteroatoms. The van der Waals surface area contributed by atoms with E-state index in [9.17, 15) is 12.8 Å². The third-order valence-corrected chi connectivity index (χ3v) is 5.53. The molecule has 2 rings (SSSR count). The highest BCUT2D eigenvalue weighted by molar-refractivity contribution is 9.10. The molecule has 0 aliphatic rings. The molecule has 0 bridgehead atoms. The number of anilines is 1. The molecule has 1 aromatic carbocycles. The minimum Gasteiger partial charge on any atom is -0.450 e. The summed E-state index contributed by atoms with van der Waals surface area (Å²) >= 11 is 11.8. The van der Waals surface area contributed by atoms with Gasteiger partial charge in [0.2, 0.25) is 0 Å². The number of aliphatic hydroxyl groups excluding tert-OH is 1. The van der Waals surface area contributed by atoms with Gasteiger partial charge in [-0.15, -0.1) is 0 Å². The standard InChI is InChI=1S/C11H7Br2ClFNO4S/c12-7-1-5(15)2-8(14)10(7)16-21(18,19)9-3-6(4-17)20-11(9)13/h1-3,16-17H,4H2. The van der Waals surface area contributed by atoms with Gasteiger partial charge in [0.05, 0.1) is 10.7 Å². The molecule has 5 nitrogen and oxygen atoms in total. The minimum absolute atomic E-state index is 0.00304. The average molecular weight is 464 g/mol. The smallest absolute Gasteiger partial charge is 0.266 e. The van der Waals surface area contributed by atoms with E-state index >= 15 is 0 Å². The molecule has 0 unspecified atom stereocenters. The van der Waals surface area contributed by atoms with E-state index < -0.39 is 22.4 Å². The molecule has 1 aromatic heterocycles. The van der Waals surface area contributed by atoms with E-state index in [1.165, 1.54) is 0 Å². The maximum absolute atomic E-state index is 13.1. The number of furan rings is 1. The Hall–Kier alpha value is -0.610. The Morgan fingerprint density at radius 2 is 2.00 bits per heavy atom. The van der Waals surface area contributed by atoms with Crippen molar-refractivity contribution >= 4 is 59.2 Å². The summed E-state index contributed by atoms with van der Waals surface area (Å²) in [7, 11) is -4.03. The third kappa shape index (κ3) is 3.59. The van der Waals surface area contributed by atoms with Crippen LogP contribution in [0.15, 0.2) is 36.7 Å². The molecule has 0 aliphatic carbocycles. The van der Waals surface area contributed by atoms with Crippen LogP contribution in [0.3, 0.4) is 0 Å². The molecule has 2 aromatic rings. The highest BCUT2D eigenvalue weighted by Crippen LogP contribution is 2.35. The van der Waals surface area contributed by atoms with E-state index in [1.54, 1.807) is 0 Å². The van der Waals surface area contributed by atoms with Gasteiger partial charge in [-0.05, 0) is 44.0 Å². The predicted octanol–water partition coefficient (Wildman–Crippen LogP) is 3.89. The van der Waals surface area contributed by atoms with E-state index in [1.807, 2.05) is 0 Å². The van der Waals surface area contributed by atoms with Crippen LogP contribution in [0.2, 0.25) is 5.02 Å². The summed E-state index contributed by atoms with van der Waals surface area (Å²) in [6.07, 6.45) is 0. The lowest BCUT2D eigenvalue weighted by atomic mass is 10.3. The number of hydrogen-bond donors (Lipinski definition) is 2. The number of rotatable bonds is 4. The normalized spacial score (nSPS) is 11.7. The number of benzene rings is 1. The van der Waals surface area contributed by atoms with Crippen LogP contribution in [0.25, 0.3) is 0 Å². The molecular formula is C11H7Br2ClFNO4S. The van der Waals surface area contributed by atoms with Gasteiger partial charge in [-0.1, -0.05) is 11.6 Å². The lowest BCUT2D eigenvalue weighted by Crippen LogP contribution is -2.13. The monoisotopic (exact) mass is 461 g/mol. The SMILES string of the molecule is O=S(=O)(Nc1c(Cl)cc(F)cc1Br)c1cc(CO)oc1Br. The fourth-order valence-corrected chi connectivity index (χ4v) is 4.67. The van der Waals surface area contributed by atoms with E-state index in [0.717, 1.165) is 18.2 Å². The maximum Gasteiger partial charge on any atom is 0.266 e. The van der Waals surface area contributed by atoms with E-state index in [4.69, 9.17) is 21.1 Å². The molecule has 0 spiro atoms. The maximum atomic E-state index is 13.1. The van der Waals surface area contributed by atoms with Gasteiger partial charge in [0.15, 0.2) is 4.67 Å². The molecule has 0 saturated carbocycles. The summed E-state index contributed by atoms with van der Waals surface area (Å²) in [4.78, 5) is -0.209. The van der Waals surface area contributed by atoms with Crippen molar-refractivity contribution in [3.8, 4) is 0 Å². The Morgan fingerprint density at radius 1 is 1.33 bits per heavy atom. The molecule has 1 heterocycles. The van der Waals surface area contributed by atoms with Crippen molar-refractivity contribution in [1.82, 2.24) is 0 Å². The first-order chi connectivity index (χ1) is 9.74. The van der Waals surface area contributed by atoms with Crippen molar-refractivity contribution < 1.29 is 22.3 Å². The average Bonchev–Trinajstić information content (AvgIpc) is 2.76. The largest absolute Gasteiger partial charge is 0.450 e. The first-order valence-corrected chi connectivity index (χ1v) is 8.75. The summed E-state index contributed by atoms with van der Waals surface area (Å²) in [6.45, 7) is -0.449. The quantitative estimate of drug-likeness (QED) is 0.721. The van der Waals surface area contributed by atoms with Crippen LogP contribution in [0.4, 0.5) is 10.1 Å². The fraction of sp³-hybridized carbons (Fsp3) is 0.0909. The predicted molar refractivity (Wildman–Crippen MR) is 82.2 cm³/mol. The molecule has 0 amide bonds. The Labute approximate surface area is 141 Å². The van der Waals surface area contributed by atoms with E-state index in [-0.39, 0.29) is 30.5 Å². The molecule has 21 heavy (non-hydrogen) atoms. The molecule has 0 fully saturated rings. The molecule has 2 N–H and O–H groups in total. The van der Waals surface area contributed by atoms with Crippen molar-refractivity contribution in [2.24, 2.45) is 0 Å². The highest BCUT2D eigenvalue weighted by Gasteiger charge is 2.24. The number of halogens is 4. The number of sulfonamides is 1. The second kappa shape index (κ2) is 6.25. The van der Waals surface area contributed by atoms with Crippen LogP contribution in [-0.2, 0) is 16.6 Å². The number of hydrogen-bond acceptors (Lipinski definition) is 4. The Balaban J connectivity index is 2.44. The molecule has 114 valence electrons. The zero-order chi connectivity index (χ0) is 15.8. The molecule has 0 saturated heterocycles. The second-order valence-electron chi connectivity index (χ2n) is 3.86. The summed E-state index contributed by atoms with van der Waals surface area (Å²) < 4.78 is 45.0. The van der Waals surface area contributed by atoms with Crippen LogP contribution in [0.1, 0.15) is 5.76 Å². The summed E-state index contributed by atoms with van der Waals surface area (Å²) in [5.74, 6) is -0.534. The van der Waals surface area contributed by atoms with Gasteiger partial charge in [-0.3, -0.25) is 4.72 Å². The number of aliphatic hydroxyl groups is 1. The first kappa shape index (κ1) is 16.8. The van der Waals surface area contributed by atoms with Crippen molar-refractivity contribution in [2.45, 2.75) is 11.5 Å². The zero-order valence-corrected chi connectivity index (χ0v) is 14.8. The third-order valence-electron chi connectivity index (χ3n) is 2.40. The summed E-state index contributed by atoms with van der Waals surface area (Å²) in [5.41, 5.74) is -0.00304. The van der Waals surface area contributed by atoms with E-state index in [2.05, 4.69) is 36.6 Å². The zero-order valence-electron chi connectivity index (χ0n) is 10.0. The van der Waals surface area contributed by atoms with Gasteiger partial charge in [0.25, 0.3) is 10.0 Å².